The van der Waals surface area contributed by atoms with E-state index in [1.165, 1.54) is 11.1 Å². The van der Waals surface area contributed by atoms with Crippen molar-refractivity contribution in [2.75, 3.05) is 6.61 Å². The van der Waals surface area contributed by atoms with Gasteiger partial charge in [-0.2, -0.15) is 0 Å². The van der Waals surface area contributed by atoms with Crippen molar-refractivity contribution in [3.8, 4) is 0 Å². The summed E-state index contributed by atoms with van der Waals surface area (Å²) >= 11 is 0. The first-order valence-corrected chi connectivity index (χ1v) is 5.51. The molecule has 0 amide bonds. The first-order chi connectivity index (χ1) is 7.29. The zero-order valence-electron chi connectivity index (χ0n) is 9.31. The molecular formula is C13H17NO. The van der Waals surface area contributed by atoms with E-state index in [0.29, 0.717) is 5.92 Å². The van der Waals surface area contributed by atoms with Crippen LogP contribution in [0.3, 0.4) is 0 Å². The maximum atomic E-state index is 5.48. The summed E-state index contributed by atoms with van der Waals surface area (Å²) < 4.78 is 5.48. The van der Waals surface area contributed by atoms with Crippen LogP contribution in [0.25, 0.3) is 0 Å². The molecule has 0 saturated heterocycles. The number of nitrogens with zero attached hydrogens (tertiary/aromatic N) is 1. The Morgan fingerprint density at radius 2 is 2.07 bits per heavy atom. The third-order valence-corrected chi connectivity index (χ3v) is 2.75. The van der Waals surface area contributed by atoms with E-state index in [4.69, 9.17) is 4.74 Å². The highest BCUT2D eigenvalue weighted by molar-refractivity contribution is 5.70. The number of aliphatic imine (C=N–C) groups is 1. The van der Waals surface area contributed by atoms with Gasteiger partial charge in [-0.15, -0.1) is 0 Å². The van der Waals surface area contributed by atoms with Gasteiger partial charge in [-0.3, -0.25) is 4.99 Å². The largest absolute Gasteiger partial charge is 0.357 e. The van der Waals surface area contributed by atoms with Gasteiger partial charge in [0, 0.05) is 25.2 Å². The number of hydrogen-bond donors (Lipinski definition) is 0. The van der Waals surface area contributed by atoms with Crippen molar-refractivity contribution in [1.82, 2.24) is 0 Å². The Hall–Kier alpha value is -1.15. The van der Waals surface area contributed by atoms with Gasteiger partial charge in [-0.25, -0.2) is 0 Å². The quantitative estimate of drug-likeness (QED) is 0.740. The molecule has 2 unspecified atom stereocenters. The molecule has 0 saturated carbocycles. The van der Waals surface area contributed by atoms with Crippen LogP contribution in [0.2, 0.25) is 0 Å². The van der Waals surface area contributed by atoms with Crippen molar-refractivity contribution >= 4 is 6.21 Å². The van der Waals surface area contributed by atoms with Crippen LogP contribution < -0.4 is 0 Å². The van der Waals surface area contributed by atoms with Crippen LogP contribution in [0.4, 0.5) is 0 Å². The molecule has 1 aromatic rings. The molecule has 0 aliphatic carbocycles. The van der Waals surface area contributed by atoms with Crippen molar-refractivity contribution in [3.63, 3.8) is 0 Å². The van der Waals surface area contributed by atoms with Crippen LogP contribution in [0.5, 0.6) is 0 Å². The molecule has 0 N–H and O–H groups in total. The van der Waals surface area contributed by atoms with E-state index in [1.54, 1.807) is 0 Å². The standard InChI is InChI=1S/C13H17NO/c1-3-15-13-8-12(9-14-13)11-6-4-10(2)5-7-11/h4-7,9,12-13H,3,8H2,1-2H3. The predicted molar refractivity (Wildman–Crippen MR) is 62.4 cm³/mol. The molecular weight excluding hydrogens is 186 g/mol. The summed E-state index contributed by atoms with van der Waals surface area (Å²) in [5, 5.41) is 0. The monoisotopic (exact) mass is 203 g/mol. The summed E-state index contributed by atoms with van der Waals surface area (Å²) in [5.41, 5.74) is 2.64. The Morgan fingerprint density at radius 3 is 2.73 bits per heavy atom. The molecule has 1 heterocycles. The Labute approximate surface area is 91.0 Å². The van der Waals surface area contributed by atoms with Gasteiger partial charge in [0.25, 0.3) is 0 Å². The van der Waals surface area contributed by atoms with Crippen LogP contribution in [0, 0.1) is 6.92 Å². The minimum Gasteiger partial charge on any atom is -0.357 e. The van der Waals surface area contributed by atoms with Gasteiger partial charge in [-0.05, 0) is 19.4 Å². The third-order valence-electron chi connectivity index (χ3n) is 2.75. The van der Waals surface area contributed by atoms with Gasteiger partial charge in [-0.1, -0.05) is 29.8 Å². The summed E-state index contributed by atoms with van der Waals surface area (Å²) in [6, 6.07) is 8.66. The van der Waals surface area contributed by atoms with Gasteiger partial charge >= 0.3 is 0 Å². The van der Waals surface area contributed by atoms with Crippen molar-refractivity contribution in [2.45, 2.75) is 32.4 Å². The lowest BCUT2D eigenvalue weighted by Crippen LogP contribution is -2.07. The van der Waals surface area contributed by atoms with Crippen LogP contribution in [0.15, 0.2) is 29.3 Å². The maximum Gasteiger partial charge on any atom is 0.148 e. The third kappa shape index (κ3) is 2.45. The van der Waals surface area contributed by atoms with E-state index in [1.807, 2.05) is 13.1 Å². The molecule has 2 heteroatoms. The zero-order chi connectivity index (χ0) is 10.7. The topological polar surface area (TPSA) is 21.6 Å². The number of hydrogen-bond acceptors (Lipinski definition) is 2. The second-order valence-corrected chi connectivity index (χ2v) is 3.96. The molecule has 0 fully saturated rings. The molecule has 0 radical (unpaired) electrons. The number of ether oxygens (including phenoxy) is 1. The van der Waals surface area contributed by atoms with Gasteiger partial charge < -0.3 is 4.74 Å². The van der Waals surface area contributed by atoms with Crippen molar-refractivity contribution < 1.29 is 4.74 Å². The number of aryl methyl sites for hydroxylation is 1. The van der Waals surface area contributed by atoms with Crippen molar-refractivity contribution in [3.05, 3.63) is 35.4 Å². The Morgan fingerprint density at radius 1 is 1.33 bits per heavy atom. The lowest BCUT2D eigenvalue weighted by Gasteiger charge is -2.10. The lowest BCUT2D eigenvalue weighted by atomic mass is 9.97. The summed E-state index contributed by atoms with van der Waals surface area (Å²) in [6.07, 6.45) is 3.07. The van der Waals surface area contributed by atoms with E-state index in [-0.39, 0.29) is 6.23 Å². The summed E-state index contributed by atoms with van der Waals surface area (Å²) in [6.45, 7) is 4.85. The number of rotatable bonds is 3. The second kappa shape index (κ2) is 4.58. The zero-order valence-corrected chi connectivity index (χ0v) is 9.31. The average Bonchev–Trinajstić information content (AvgIpc) is 2.68. The van der Waals surface area contributed by atoms with Gasteiger partial charge in [0.2, 0.25) is 0 Å². The van der Waals surface area contributed by atoms with E-state index < -0.39 is 0 Å². The van der Waals surface area contributed by atoms with Gasteiger partial charge in [0.05, 0.1) is 0 Å². The molecule has 0 aromatic heterocycles. The van der Waals surface area contributed by atoms with Crippen molar-refractivity contribution in [2.24, 2.45) is 4.99 Å². The van der Waals surface area contributed by atoms with E-state index in [0.717, 1.165) is 13.0 Å². The SMILES string of the molecule is CCOC1CC(c2ccc(C)cc2)C=N1. The van der Waals surface area contributed by atoms with Crippen LogP contribution in [-0.4, -0.2) is 19.0 Å². The molecule has 80 valence electrons. The van der Waals surface area contributed by atoms with Crippen LogP contribution in [-0.2, 0) is 4.74 Å². The molecule has 1 aromatic carbocycles. The molecule has 2 rings (SSSR count). The molecule has 2 atom stereocenters. The Balaban J connectivity index is 2.02. The van der Waals surface area contributed by atoms with E-state index >= 15 is 0 Å². The Kier molecular flexibility index (Phi) is 3.17. The Bertz CT molecular complexity index is 342. The lowest BCUT2D eigenvalue weighted by molar-refractivity contribution is 0.0689. The first kappa shape index (κ1) is 10.4. The fourth-order valence-electron chi connectivity index (χ4n) is 1.88. The van der Waals surface area contributed by atoms with Crippen LogP contribution in [0.1, 0.15) is 30.4 Å². The summed E-state index contributed by atoms with van der Waals surface area (Å²) in [5.74, 6) is 0.433. The molecule has 15 heavy (non-hydrogen) atoms. The smallest absolute Gasteiger partial charge is 0.148 e. The minimum atomic E-state index is 0.0707. The first-order valence-electron chi connectivity index (χ1n) is 5.51. The highest BCUT2D eigenvalue weighted by Crippen LogP contribution is 2.26. The molecule has 2 nitrogen and oxygen atoms in total. The van der Waals surface area contributed by atoms with Crippen LogP contribution >= 0.6 is 0 Å². The van der Waals surface area contributed by atoms with Crippen molar-refractivity contribution in [1.29, 1.82) is 0 Å². The molecule has 0 bridgehead atoms. The van der Waals surface area contributed by atoms with Gasteiger partial charge in [0.15, 0.2) is 0 Å². The van der Waals surface area contributed by atoms with E-state index in [9.17, 15) is 0 Å². The van der Waals surface area contributed by atoms with E-state index in [2.05, 4.69) is 36.2 Å². The predicted octanol–water partition coefficient (Wildman–Crippen LogP) is 2.92. The maximum absolute atomic E-state index is 5.48. The molecule has 1 aliphatic heterocycles. The fraction of sp³-hybridized carbons (Fsp3) is 0.462. The highest BCUT2D eigenvalue weighted by Gasteiger charge is 2.21. The summed E-state index contributed by atoms with van der Waals surface area (Å²) in [7, 11) is 0. The highest BCUT2D eigenvalue weighted by atomic mass is 16.5. The molecule has 0 spiro atoms. The summed E-state index contributed by atoms with van der Waals surface area (Å²) in [4.78, 5) is 4.36. The average molecular weight is 203 g/mol. The van der Waals surface area contributed by atoms with Gasteiger partial charge in [0.1, 0.15) is 6.23 Å². The molecule has 1 aliphatic rings. The number of benzene rings is 1. The normalized spacial score (nSPS) is 24.7. The fourth-order valence-corrected chi connectivity index (χ4v) is 1.88. The minimum absolute atomic E-state index is 0.0707. The second-order valence-electron chi connectivity index (χ2n) is 3.96.